The molecular weight excluding hydrogens is 492 g/mol. The summed E-state index contributed by atoms with van der Waals surface area (Å²) in [6.45, 7) is 1.73. The number of H-pyrrole nitrogens is 1. The lowest BCUT2D eigenvalue weighted by Gasteiger charge is -2.35. The normalized spacial score (nSPS) is 13.8. The van der Waals surface area contributed by atoms with Gasteiger partial charge in [-0.3, -0.25) is 9.78 Å². The van der Waals surface area contributed by atoms with Crippen molar-refractivity contribution >= 4 is 34.2 Å². The highest BCUT2D eigenvalue weighted by Crippen LogP contribution is 2.39. The third kappa shape index (κ3) is 4.17. The van der Waals surface area contributed by atoms with E-state index in [0.717, 1.165) is 6.20 Å². The topological polar surface area (TPSA) is 83.6 Å². The maximum atomic E-state index is 15.0. The van der Waals surface area contributed by atoms with E-state index in [2.05, 4.69) is 15.0 Å². The molecule has 1 aliphatic heterocycles. The lowest BCUT2D eigenvalue weighted by molar-refractivity contribution is 0.0741. The zero-order chi connectivity index (χ0) is 25.4. The molecule has 0 aliphatic carbocycles. The molecule has 5 rings (SSSR count). The van der Waals surface area contributed by atoms with Gasteiger partial charge in [0.2, 0.25) is 0 Å². The number of benzene rings is 1. The highest BCUT2D eigenvalue weighted by atomic mass is 35.5. The molecule has 1 aromatic carbocycles. The van der Waals surface area contributed by atoms with Crippen molar-refractivity contribution in [1.82, 2.24) is 19.9 Å². The van der Waals surface area contributed by atoms with Gasteiger partial charge >= 0.3 is 0 Å². The van der Waals surface area contributed by atoms with E-state index in [4.69, 9.17) is 21.1 Å². The first kappa shape index (κ1) is 23.8. The first-order valence-corrected chi connectivity index (χ1v) is 11.5. The molecule has 0 spiro atoms. The van der Waals surface area contributed by atoms with E-state index < -0.39 is 11.6 Å². The SMILES string of the molecule is COc1cnccc1-c1cc(Cl)c(F)c2[nH]c(C(=O)N3CCN(c4ncc(F)cc4OC)CC3)cc12. The van der Waals surface area contributed by atoms with Gasteiger partial charge in [-0.15, -0.1) is 0 Å². The van der Waals surface area contributed by atoms with Gasteiger partial charge in [0.1, 0.15) is 17.3 Å². The molecule has 0 unspecified atom stereocenters. The Labute approximate surface area is 210 Å². The third-order valence-corrected chi connectivity index (χ3v) is 6.49. The van der Waals surface area contributed by atoms with Gasteiger partial charge < -0.3 is 24.3 Å². The molecule has 1 saturated heterocycles. The Balaban J connectivity index is 1.43. The first-order chi connectivity index (χ1) is 17.4. The minimum atomic E-state index is -0.637. The van der Waals surface area contributed by atoms with Crippen LogP contribution in [0.1, 0.15) is 10.5 Å². The number of rotatable bonds is 5. The number of halogens is 3. The number of fused-ring (bicyclic) bond motifs is 1. The standard InChI is InChI=1S/C25H22ClF2N5O3/c1-35-20-9-14(27)12-30-24(20)32-5-7-33(8-6-32)25(34)19-11-17-16(10-18(26)22(28)23(17)31-19)15-3-4-29-13-21(15)36-2/h3-4,9-13,31H,5-8H2,1-2H3. The van der Waals surface area contributed by atoms with Gasteiger partial charge in [-0.05, 0) is 23.8 Å². The number of aromatic nitrogens is 3. The molecule has 186 valence electrons. The van der Waals surface area contributed by atoms with Crippen molar-refractivity contribution in [3.8, 4) is 22.6 Å². The fraction of sp³-hybridized carbons (Fsp3) is 0.240. The molecule has 4 aromatic rings. The number of piperazine rings is 1. The van der Waals surface area contributed by atoms with Gasteiger partial charge in [0, 0.05) is 49.4 Å². The van der Waals surface area contributed by atoms with Crippen molar-refractivity contribution in [2.45, 2.75) is 0 Å². The summed E-state index contributed by atoms with van der Waals surface area (Å²) in [6.07, 6.45) is 4.29. The molecule has 0 atom stereocenters. The molecule has 0 radical (unpaired) electrons. The summed E-state index contributed by atoms with van der Waals surface area (Å²) in [5.74, 6) is -0.0493. The second-order valence-electron chi connectivity index (χ2n) is 8.23. The Morgan fingerprint density at radius 2 is 1.78 bits per heavy atom. The number of aromatic amines is 1. The predicted molar refractivity (Wildman–Crippen MR) is 132 cm³/mol. The summed E-state index contributed by atoms with van der Waals surface area (Å²) in [4.78, 5) is 28.1. The second-order valence-corrected chi connectivity index (χ2v) is 8.63. The molecular formula is C25H22ClF2N5O3. The van der Waals surface area contributed by atoms with Crippen LogP contribution in [0.3, 0.4) is 0 Å². The monoisotopic (exact) mass is 513 g/mol. The molecule has 4 heterocycles. The predicted octanol–water partition coefficient (Wildman–Crippen LogP) is 4.54. The van der Waals surface area contributed by atoms with Crippen LogP contribution in [-0.2, 0) is 0 Å². The number of methoxy groups -OCH3 is 2. The van der Waals surface area contributed by atoms with Gasteiger partial charge in [0.25, 0.3) is 5.91 Å². The van der Waals surface area contributed by atoms with Crippen LogP contribution in [0, 0.1) is 11.6 Å². The highest BCUT2D eigenvalue weighted by molar-refractivity contribution is 6.32. The van der Waals surface area contributed by atoms with Crippen LogP contribution in [0.4, 0.5) is 14.6 Å². The van der Waals surface area contributed by atoms with E-state index in [0.29, 0.717) is 60.0 Å². The van der Waals surface area contributed by atoms with Crippen LogP contribution in [0.15, 0.2) is 42.9 Å². The Bertz CT molecular complexity index is 1450. The number of hydrogen-bond donors (Lipinski definition) is 1. The average molecular weight is 514 g/mol. The first-order valence-electron chi connectivity index (χ1n) is 11.1. The molecule has 1 fully saturated rings. The van der Waals surface area contributed by atoms with Gasteiger partial charge in [-0.1, -0.05) is 11.6 Å². The van der Waals surface area contributed by atoms with E-state index >= 15 is 0 Å². The van der Waals surface area contributed by atoms with Crippen molar-refractivity contribution in [2.24, 2.45) is 0 Å². The molecule has 0 saturated carbocycles. The maximum Gasteiger partial charge on any atom is 0.270 e. The van der Waals surface area contributed by atoms with Crippen LogP contribution < -0.4 is 14.4 Å². The van der Waals surface area contributed by atoms with Gasteiger partial charge in [-0.25, -0.2) is 13.8 Å². The van der Waals surface area contributed by atoms with E-state index in [1.807, 2.05) is 4.90 Å². The average Bonchev–Trinajstić information content (AvgIpc) is 3.36. The number of ether oxygens (including phenoxy) is 2. The van der Waals surface area contributed by atoms with Gasteiger partial charge in [0.05, 0.1) is 37.2 Å². The molecule has 3 aromatic heterocycles. The minimum absolute atomic E-state index is 0.0772. The maximum absolute atomic E-state index is 15.0. The number of amides is 1. The number of nitrogens with one attached hydrogen (secondary N) is 1. The smallest absolute Gasteiger partial charge is 0.270 e. The quantitative estimate of drug-likeness (QED) is 0.422. The Morgan fingerprint density at radius 3 is 2.50 bits per heavy atom. The number of carbonyl (C=O) groups is 1. The van der Waals surface area contributed by atoms with Crippen molar-refractivity contribution < 1.29 is 23.0 Å². The molecule has 0 bridgehead atoms. The lowest BCUT2D eigenvalue weighted by atomic mass is 10.0. The Kier molecular flexibility index (Phi) is 6.36. The van der Waals surface area contributed by atoms with Crippen molar-refractivity contribution in [3.63, 3.8) is 0 Å². The van der Waals surface area contributed by atoms with Crippen LogP contribution in [-0.4, -0.2) is 66.2 Å². The van der Waals surface area contributed by atoms with Crippen LogP contribution in [0.2, 0.25) is 5.02 Å². The van der Waals surface area contributed by atoms with E-state index in [1.165, 1.54) is 26.4 Å². The van der Waals surface area contributed by atoms with Gasteiger partial charge in [-0.2, -0.15) is 0 Å². The van der Waals surface area contributed by atoms with Gasteiger partial charge in [0.15, 0.2) is 17.4 Å². The molecule has 36 heavy (non-hydrogen) atoms. The zero-order valence-corrected chi connectivity index (χ0v) is 20.3. The van der Waals surface area contributed by atoms with Crippen molar-refractivity contribution in [3.05, 3.63) is 65.2 Å². The third-order valence-electron chi connectivity index (χ3n) is 6.22. The highest BCUT2D eigenvalue weighted by Gasteiger charge is 2.27. The summed E-state index contributed by atoms with van der Waals surface area (Å²) >= 11 is 6.19. The minimum Gasteiger partial charge on any atom is -0.494 e. The number of nitrogens with zero attached hydrogens (tertiary/aromatic N) is 4. The number of anilines is 1. The van der Waals surface area contributed by atoms with E-state index in [1.54, 1.807) is 29.4 Å². The van der Waals surface area contributed by atoms with Crippen LogP contribution in [0.5, 0.6) is 11.5 Å². The zero-order valence-electron chi connectivity index (χ0n) is 19.5. The van der Waals surface area contributed by atoms with E-state index in [9.17, 15) is 13.6 Å². The summed E-state index contributed by atoms with van der Waals surface area (Å²) in [5, 5.41) is 0.426. The summed E-state index contributed by atoms with van der Waals surface area (Å²) in [6, 6.07) is 6.16. The molecule has 11 heteroatoms. The van der Waals surface area contributed by atoms with Crippen molar-refractivity contribution in [1.29, 1.82) is 0 Å². The Hall–Kier alpha value is -3.92. The molecule has 1 amide bonds. The number of pyridine rings is 2. The summed E-state index contributed by atoms with van der Waals surface area (Å²) in [7, 11) is 2.97. The van der Waals surface area contributed by atoms with E-state index in [-0.39, 0.29) is 22.1 Å². The molecule has 1 N–H and O–H groups in total. The molecule has 8 nitrogen and oxygen atoms in total. The number of carbonyl (C=O) groups excluding carboxylic acids is 1. The Morgan fingerprint density at radius 1 is 1.03 bits per heavy atom. The fourth-order valence-electron chi connectivity index (χ4n) is 4.42. The summed E-state index contributed by atoms with van der Waals surface area (Å²) in [5.41, 5.74) is 1.67. The van der Waals surface area contributed by atoms with Crippen LogP contribution >= 0.6 is 11.6 Å². The number of hydrogen-bond acceptors (Lipinski definition) is 6. The fourth-order valence-corrected chi connectivity index (χ4v) is 4.63. The summed E-state index contributed by atoms with van der Waals surface area (Å²) < 4.78 is 39.1. The largest absolute Gasteiger partial charge is 0.494 e. The van der Waals surface area contributed by atoms with Crippen molar-refractivity contribution in [2.75, 3.05) is 45.3 Å². The molecule has 1 aliphatic rings. The van der Waals surface area contributed by atoms with Crippen LogP contribution in [0.25, 0.3) is 22.0 Å². The lowest BCUT2D eigenvalue weighted by Crippen LogP contribution is -2.49. The second kappa shape index (κ2) is 9.62.